The molecule has 4 nitrogen and oxygen atoms in total. The van der Waals surface area contributed by atoms with E-state index in [0.717, 1.165) is 23.5 Å². The SMILES string of the molecule is Cc1ccc(OCC(=O)Nc2ccc(N3CCCCC3C)cc2)cc1C. The van der Waals surface area contributed by atoms with Crippen molar-refractivity contribution >= 4 is 17.3 Å². The normalized spacial score (nSPS) is 17.0. The van der Waals surface area contributed by atoms with Crippen LogP contribution in [0.4, 0.5) is 11.4 Å². The van der Waals surface area contributed by atoms with Gasteiger partial charge in [-0.2, -0.15) is 0 Å². The van der Waals surface area contributed by atoms with Gasteiger partial charge in [0, 0.05) is 24.0 Å². The first-order valence-corrected chi connectivity index (χ1v) is 9.39. The molecule has 1 fully saturated rings. The number of ether oxygens (including phenoxy) is 1. The van der Waals surface area contributed by atoms with Crippen LogP contribution in [-0.2, 0) is 4.79 Å². The summed E-state index contributed by atoms with van der Waals surface area (Å²) in [6.07, 6.45) is 3.80. The zero-order valence-corrected chi connectivity index (χ0v) is 15.9. The molecule has 0 bridgehead atoms. The molecule has 3 rings (SSSR count). The molecule has 1 saturated heterocycles. The Bertz CT molecular complexity index is 755. The highest BCUT2D eigenvalue weighted by molar-refractivity contribution is 5.92. The minimum atomic E-state index is -0.151. The van der Waals surface area contributed by atoms with E-state index < -0.39 is 0 Å². The number of hydrogen-bond donors (Lipinski definition) is 1. The fraction of sp³-hybridized carbons (Fsp3) is 0.409. The molecule has 2 aromatic rings. The molecule has 1 N–H and O–H groups in total. The van der Waals surface area contributed by atoms with Crippen molar-refractivity contribution in [2.75, 3.05) is 23.4 Å². The van der Waals surface area contributed by atoms with Gasteiger partial charge in [0.15, 0.2) is 6.61 Å². The topological polar surface area (TPSA) is 41.6 Å². The van der Waals surface area contributed by atoms with Gasteiger partial charge in [0.25, 0.3) is 5.91 Å². The summed E-state index contributed by atoms with van der Waals surface area (Å²) < 4.78 is 5.59. The van der Waals surface area contributed by atoms with Crippen LogP contribution >= 0.6 is 0 Å². The van der Waals surface area contributed by atoms with Crippen LogP contribution in [0.15, 0.2) is 42.5 Å². The third-order valence-electron chi connectivity index (χ3n) is 5.13. The quantitative estimate of drug-likeness (QED) is 0.848. The molecule has 1 atom stereocenters. The van der Waals surface area contributed by atoms with Crippen LogP contribution in [0.5, 0.6) is 5.75 Å². The summed E-state index contributed by atoms with van der Waals surface area (Å²) in [7, 11) is 0. The summed E-state index contributed by atoms with van der Waals surface area (Å²) in [4.78, 5) is 14.6. The average Bonchev–Trinajstić information content (AvgIpc) is 2.64. The summed E-state index contributed by atoms with van der Waals surface area (Å²) in [6, 6.07) is 14.5. The van der Waals surface area contributed by atoms with E-state index in [-0.39, 0.29) is 12.5 Å². The highest BCUT2D eigenvalue weighted by Crippen LogP contribution is 2.25. The van der Waals surface area contributed by atoms with E-state index >= 15 is 0 Å². The van der Waals surface area contributed by atoms with E-state index in [1.165, 1.54) is 30.5 Å². The Morgan fingerprint density at radius 1 is 1.12 bits per heavy atom. The van der Waals surface area contributed by atoms with Crippen LogP contribution in [-0.4, -0.2) is 25.1 Å². The smallest absolute Gasteiger partial charge is 0.262 e. The van der Waals surface area contributed by atoms with Gasteiger partial charge in [0.2, 0.25) is 0 Å². The monoisotopic (exact) mass is 352 g/mol. The zero-order valence-electron chi connectivity index (χ0n) is 15.9. The molecule has 1 aliphatic heterocycles. The van der Waals surface area contributed by atoms with Crippen LogP contribution in [0.1, 0.15) is 37.3 Å². The Hall–Kier alpha value is -2.49. The Balaban J connectivity index is 1.53. The van der Waals surface area contributed by atoms with Gasteiger partial charge in [-0.3, -0.25) is 4.79 Å². The lowest BCUT2D eigenvalue weighted by molar-refractivity contribution is -0.118. The fourth-order valence-corrected chi connectivity index (χ4v) is 3.37. The number of aryl methyl sites for hydroxylation is 2. The maximum absolute atomic E-state index is 12.1. The molecule has 0 radical (unpaired) electrons. The Morgan fingerprint density at radius 3 is 2.58 bits per heavy atom. The van der Waals surface area contributed by atoms with Crippen LogP contribution in [0.2, 0.25) is 0 Å². The molecule has 0 spiro atoms. The Labute approximate surface area is 156 Å². The van der Waals surface area contributed by atoms with Gasteiger partial charge in [-0.15, -0.1) is 0 Å². The highest BCUT2D eigenvalue weighted by atomic mass is 16.5. The average molecular weight is 352 g/mol. The molecule has 0 saturated carbocycles. The molecule has 138 valence electrons. The molecule has 4 heteroatoms. The number of amides is 1. The van der Waals surface area contributed by atoms with Gasteiger partial charge in [-0.1, -0.05) is 6.07 Å². The van der Waals surface area contributed by atoms with Crippen LogP contribution in [0.25, 0.3) is 0 Å². The predicted octanol–water partition coefficient (Wildman–Crippen LogP) is 4.70. The summed E-state index contributed by atoms with van der Waals surface area (Å²) in [5.41, 5.74) is 4.39. The maximum Gasteiger partial charge on any atom is 0.262 e. The van der Waals surface area contributed by atoms with Crippen molar-refractivity contribution in [3.63, 3.8) is 0 Å². The van der Waals surface area contributed by atoms with Crippen molar-refractivity contribution in [3.05, 3.63) is 53.6 Å². The molecule has 26 heavy (non-hydrogen) atoms. The second-order valence-corrected chi connectivity index (χ2v) is 7.17. The molecule has 2 aromatic carbocycles. The van der Waals surface area contributed by atoms with Crippen molar-refractivity contribution < 1.29 is 9.53 Å². The number of rotatable bonds is 5. The van der Waals surface area contributed by atoms with Crippen LogP contribution in [0, 0.1) is 13.8 Å². The summed E-state index contributed by atoms with van der Waals surface area (Å²) >= 11 is 0. The van der Waals surface area contributed by atoms with E-state index in [1.807, 2.05) is 37.3 Å². The first-order valence-electron chi connectivity index (χ1n) is 9.39. The lowest BCUT2D eigenvalue weighted by Gasteiger charge is -2.35. The molecule has 1 heterocycles. The Morgan fingerprint density at radius 2 is 1.88 bits per heavy atom. The van der Waals surface area contributed by atoms with Crippen molar-refractivity contribution in [1.82, 2.24) is 0 Å². The molecule has 1 aliphatic rings. The van der Waals surface area contributed by atoms with Gasteiger partial charge in [-0.05, 0) is 87.6 Å². The van der Waals surface area contributed by atoms with Crippen molar-refractivity contribution in [1.29, 1.82) is 0 Å². The molecular weight excluding hydrogens is 324 g/mol. The maximum atomic E-state index is 12.1. The first kappa shape index (κ1) is 18.3. The zero-order chi connectivity index (χ0) is 18.5. The highest BCUT2D eigenvalue weighted by Gasteiger charge is 2.18. The lowest BCUT2D eigenvalue weighted by Crippen LogP contribution is -2.37. The van der Waals surface area contributed by atoms with Gasteiger partial charge >= 0.3 is 0 Å². The summed E-state index contributed by atoms with van der Waals surface area (Å²) in [5.74, 6) is 0.569. The molecule has 0 aromatic heterocycles. The first-order chi connectivity index (χ1) is 12.5. The molecule has 1 unspecified atom stereocenters. The third kappa shape index (κ3) is 4.57. The second kappa shape index (κ2) is 8.26. The van der Waals surface area contributed by atoms with Crippen molar-refractivity contribution in [2.24, 2.45) is 0 Å². The fourth-order valence-electron chi connectivity index (χ4n) is 3.37. The predicted molar refractivity (Wildman–Crippen MR) is 107 cm³/mol. The van der Waals surface area contributed by atoms with E-state index in [1.54, 1.807) is 0 Å². The van der Waals surface area contributed by atoms with Crippen molar-refractivity contribution in [3.8, 4) is 5.75 Å². The van der Waals surface area contributed by atoms with Crippen LogP contribution in [0.3, 0.4) is 0 Å². The number of carbonyl (C=O) groups excluding carboxylic acids is 1. The van der Waals surface area contributed by atoms with Crippen LogP contribution < -0.4 is 15.0 Å². The molecular formula is C22H28N2O2. The number of nitrogens with zero attached hydrogens (tertiary/aromatic N) is 1. The number of carbonyl (C=O) groups is 1. The number of piperidine rings is 1. The number of anilines is 2. The van der Waals surface area contributed by atoms with Gasteiger partial charge < -0.3 is 15.0 Å². The lowest BCUT2D eigenvalue weighted by atomic mass is 10.0. The summed E-state index contributed by atoms with van der Waals surface area (Å²) in [5, 5.41) is 2.90. The van der Waals surface area contributed by atoms with E-state index in [9.17, 15) is 4.79 Å². The minimum Gasteiger partial charge on any atom is -0.484 e. The molecule has 0 aliphatic carbocycles. The summed E-state index contributed by atoms with van der Waals surface area (Å²) in [6.45, 7) is 7.48. The Kier molecular flexibility index (Phi) is 5.82. The van der Waals surface area contributed by atoms with E-state index in [4.69, 9.17) is 4.74 Å². The second-order valence-electron chi connectivity index (χ2n) is 7.17. The minimum absolute atomic E-state index is 0.00735. The van der Waals surface area contributed by atoms with Gasteiger partial charge in [-0.25, -0.2) is 0 Å². The third-order valence-corrected chi connectivity index (χ3v) is 5.13. The largest absolute Gasteiger partial charge is 0.484 e. The van der Waals surface area contributed by atoms with Gasteiger partial charge in [0.1, 0.15) is 5.75 Å². The standard InChI is InChI=1S/C22H28N2O2/c1-16-7-12-21(14-17(16)2)26-15-22(25)23-19-8-10-20(11-9-19)24-13-5-4-6-18(24)3/h7-12,14,18H,4-6,13,15H2,1-3H3,(H,23,25). The van der Waals surface area contributed by atoms with E-state index in [0.29, 0.717) is 6.04 Å². The van der Waals surface area contributed by atoms with Crippen molar-refractivity contribution in [2.45, 2.75) is 46.1 Å². The van der Waals surface area contributed by atoms with E-state index in [2.05, 4.69) is 36.2 Å². The van der Waals surface area contributed by atoms with Gasteiger partial charge in [0.05, 0.1) is 0 Å². The number of benzene rings is 2. The number of nitrogens with one attached hydrogen (secondary N) is 1. The number of hydrogen-bond acceptors (Lipinski definition) is 3. The molecule has 1 amide bonds.